The molecule has 0 unspecified atom stereocenters. The van der Waals surface area contributed by atoms with Gasteiger partial charge in [0.1, 0.15) is 15.7 Å². The Bertz CT molecular complexity index is 440. The summed E-state index contributed by atoms with van der Waals surface area (Å²) in [6, 6.07) is 1.70. The van der Waals surface area contributed by atoms with Crippen LogP contribution in [0.2, 0.25) is 0 Å². The summed E-state index contributed by atoms with van der Waals surface area (Å²) < 4.78 is 21.8. The van der Waals surface area contributed by atoms with E-state index in [-0.39, 0.29) is 5.75 Å². The topological polar surface area (TPSA) is 85.9 Å². The van der Waals surface area contributed by atoms with E-state index < -0.39 is 9.84 Å². The molecule has 7 heteroatoms. The number of nitrogens with two attached hydrogens (primary N) is 1. The lowest BCUT2D eigenvalue weighted by molar-refractivity contribution is 0.600. The van der Waals surface area contributed by atoms with Gasteiger partial charge >= 0.3 is 0 Å². The molecule has 0 atom stereocenters. The number of nitrogens with zero attached hydrogens (tertiary/aromatic N) is 2. The second kappa shape index (κ2) is 5.49. The molecule has 0 saturated heterocycles. The Morgan fingerprint density at radius 1 is 1.44 bits per heavy atom. The molecule has 0 bridgehead atoms. The molecular weight excluding hydrogens is 246 g/mol. The number of aromatic nitrogens is 2. The summed E-state index contributed by atoms with van der Waals surface area (Å²) in [4.78, 5) is 8.24. The number of thioether (sulfide) groups is 1. The average molecular weight is 261 g/mol. The summed E-state index contributed by atoms with van der Waals surface area (Å²) in [7, 11) is -2.87. The molecule has 0 aliphatic heterocycles. The van der Waals surface area contributed by atoms with Crippen LogP contribution in [0, 0.1) is 6.92 Å². The van der Waals surface area contributed by atoms with Crippen molar-refractivity contribution in [3.63, 3.8) is 0 Å². The summed E-state index contributed by atoms with van der Waals surface area (Å²) in [5.74, 6) is 1.31. The van der Waals surface area contributed by atoms with Crippen LogP contribution in [-0.2, 0) is 9.84 Å². The van der Waals surface area contributed by atoms with Crippen molar-refractivity contribution >= 4 is 27.4 Å². The largest absolute Gasteiger partial charge is 0.384 e. The number of aryl methyl sites for hydroxylation is 1. The highest BCUT2D eigenvalue weighted by atomic mass is 32.2. The zero-order valence-electron chi connectivity index (χ0n) is 9.30. The third kappa shape index (κ3) is 5.32. The van der Waals surface area contributed by atoms with Crippen LogP contribution in [0.25, 0.3) is 0 Å². The zero-order chi connectivity index (χ0) is 12.2. The standard InChI is InChI=1S/C9H15N3O2S2/c1-7-6-8(10)12-9(11-7)15-4-3-5-16(2,13)14/h6H,3-5H2,1-2H3,(H2,10,11,12). The number of sulfone groups is 1. The number of nitrogen functional groups attached to an aromatic ring is 1. The van der Waals surface area contributed by atoms with E-state index in [1.54, 1.807) is 6.07 Å². The van der Waals surface area contributed by atoms with Crippen molar-refractivity contribution in [1.29, 1.82) is 0 Å². The van der Waals surface area contributed by atoms with Gasteiger partial charge in [0.15, 0.2) is 5.16 Å². The van der Waals surface area contributed by atoms with Gasteiger partial charge in [-0.3, -0.25) is 0 Å². The minimum absolute atomic E-state index is 0.196. The molecule has 2 N–H and O–H groups in total. The monoisotopic (exact) mass is 261 g/mol. The molecule has 0 fully saturated rings. The number of hydrogen-bond donors (Lipinski definition) is 1. The van der Waals surface area contributed by atoms with Gasteiger partial charge in [-0.05, 0) is 13.3 Å². The summed E-state index contributed by atoms with van der Waals surface area (Å²) in [6.45, 7) is 1.85. The molecule has 0 aliphatic carbocycles. The molecule has 0 spiro atoms. The number of hydrogen-bond acceptors (Lipinski definition) is 6. The van der Waals surface area contributed by atoms with Gasteiger partial charge in [0.25, 0.3) is 0 Å². The van der Waals surface area contributed by atoms with Crippen LogP contribution in [0.1, 0.15) is 12.1 Å². The van der Waals surface area contributed by atoms with Crippen LogP contribution in [0.4, 0.5) is 5.82 Å². The Balaban J connectivity index is 2.43. The van der Waals surface area contributed by atoms with Crippen molar-refractivity contribution in [1.82, 2.24) is 9.97 Å². The van der Waals surface area contributed by atoms with Crippen LogP contribution in [0.3, 0.4) is 0 Å². The number of rotatable bonds is 5. The minimum atomic E-state index is -2.87. The van der Waals surface area contributed by atoms with E-state index in [0.717, 1.165) is 5.69 Å². The molecule has 1 heterocycles. The molecule has 0 aliphatic rings. The Labute approximate surface area is 99.8 Å². The molecule has 5 nitrogen and oxygen atoms in total. The second-order valence-electron chi connectivity index (χ2n) is 3.55. The molecule has 0 radical (unpaired) electrons. The average Bonchev–Trinajstić information content (AvgIpc) is 2.09. The maximum absolute atomic E-state index is 10.9. The maximum atomic E-state index is 10.9. The lowest BCUT2D eigenvalue weighted by Gasteiger charge is -2.02. The molecule has 90 valence electrons. The third-order valence-corrected chi connectivity index (χ3v) is 3.71. The van der Waals surface area contributed by atoms with Crippen LogP contribution in [-0.4, -0.2) is 36.1 Å². The first-order valence-electron chi connectivity index (χ1n) is 4.78. The molecule has 1 aromatic heterocycles. The van der Waals surface area contributed by atoms with Crippen LogP contribution in [0.15, 0.2) is 11.2 Å². The first-order chi connectivity index (χ1) is 7.37. The van der Waals surface area contributed by atoms with Gasteiger partial charge in [-0.1, -0.05) is 11.8 Å². The first kappa shape index (κ1) is 13.2. The quantitative estimate of drug-likeness (QED) is 0.481. The van der Waals surface area contributed by atoms with Gasteiger partial charge in [-0.25, -0.2) is 18.4 Å². The van der Waals surface area contributed by atoms with Crippen LogP contribution < -0.4 is 5.73 Å². The minimum Gasteiger partial charge on any atom is -0.384 e. The summed E-state index contributed by atoms with van der Waals surface area (Å²) in [5, 5.41) is 0.603. The summed E-state index contributed by atoms with van der Waals surface area (Å²) >= 11 is 1.42. The molecular formula is C9H15N3O2S2. The van der Waals surface area contributed by atoms with Gasteiger partial charge in [0.05, 0.1) is 5.75 Å². The second-order valence-corrected chi connectivity index (χ2v) is 6.87. The summed E-state index contributed by atoms with van der Waals surface area (Å²) in [6.07, 6.45) is 1.83. The van der Waals surface area contributed by atoms with E-state index >= 15 is 0 Å². The van der Waals surface area contributed by atoms with E-state index in [9.17, 15) is 8.42 Å². The van der Waals surface area contributed by atoms with Crippen molar-refractivity contribution in [2.75, 3.05) is 23.5 Å². The molecule has 0 amide bonds. The van der Waals surface area contributed by atoms with Crippen molar-refractivity contribution in [3.05, 3.63) is 11.8 Å². The van der Waals surface area contributed by atoms with Crippen LogP contribution >= 0.6 is 11.8 Å². The molecule has 16 heavy (non-hydrogen) atoms. The Hall–Kier alpha value is -0.820. The fourth-order valence-corrected chi connectivity index (χ4v) is 2.82. The normalized spacial score (nSPS) is 11.6. The van der Waals surface area contributed by atoms with Gasteiger partial charge in [-0.15, -0.1) is 0 Å². The molecule has 0 saturated carbocycles. The van der Waals surface area contributed by atoms with E-state index in [2.05, 4.69) is 9.97 Å². The van der Waals surface area contributed by atoms with E-state index in [4.69, 9.17) is 5.73 Å². The van der Waals surface area contributed by atoms with E-state index in [0.29, 0.717) is 23.1 Å². The highest BCUT2D eigenvalue weighted by molar-refractivity contribution is 7.99. The van der Waals surface area contributed by atoms with Crippen molar-refractivity contribution < 1.29 is 8.42 Å². The Morgan fingerprint density at radius 2 is 2.12 bits per heavy atom. The maximum Gasteiger partial charge on any atom is 0.189 e. The van der Waals surface area contributed by atoms with Gasteiger partial charge in [0.2, 0.25) is 0 Å². The molecule has 0 aromatic carbocycles. The van der Waals surface area contributed by atoms with Crippen LogP contribution in [0.5, 0.6) is 0 Å². The third-order valence-electron chi connectivity index (χ3n) is 1.74. The van der Waals surface area contributed by atoms with Crippen molar-refractivity contribution in [2.24, 2.45) is 0 Å². The number of anilines is 1. The van der Waals surface area contributed by atoms with Gasteiger partial charge in [0, 0.05) is 23.8 Å². The fraction of sp³-hybridized carbons (Fsp3) is 0.556. The highest BCUT2D eigenvalue weighted by Gasteiger charge is 2.04. The van der Waals surface area contributed by atoms with Crippen molar-refractivity contribution in [2.45, 2.75) is 18.5 Å². The lowest BCUT2D eigenvalue weighted by atomic mass is 10.4. The SMILES string of the molecule is Cc1cc(N)nc(SCCCS(C)(=O)=O)n1. The fourth-order valence-electron chi connectivity index (χ4n) is 1.11. The van der Waals surface area contributed by atoms with Gasteiger partial charge in [-0.2, -0.15) is 0 Å². The predicted octanol–water partition coefficient (Wildman–Crippen LogP) is 0.894. The predicted molar refractivity (Wildman–Crippen MR) is 66.2 cm³/mol. The van der Waals surface area contributed by atoms with Gasteiger partial charge < -0.3 is 5.73 Å². The van der Waals surface area contributed by atoms with E-state index in [1.165, 1.54) is 18.0 Å². The smallest absolute Gasteiger partial charge is 0.189 e. The van der Waals surface area contributed by atoms with Crippen molar-refractivity contribution in [3.8, 4) is 0 Å². The highest BCUT2D eigenvalue weighted by Crippen LogP contribution is 2.16. The first-order valence-corrected chi connectivity index (χ1v) is 7.83. The zero-order valence-corrected chi connectivity index (χ0v) is 10.9. The Morgan fingerprint density at radius 3 is 2.69 bits per heavy atom. The van der Waals surface area contributed by atoms with E-state index in [1.807, 2.05) is 6.92 Å². The molecule has 1 aromatic rings. The summed E-state index contributed by atoms with van der Waals surface area (Å²) in [5.41, 5.74) is 6.39. The lowest BCUT2D eigenvalue weighted by Crippen LogP contribution is -2.04. The molecule has 1 rings (SSSR count). The Kier molecular flexibility index (Phi) is 4.55.